The first-order chi connectivity index (χ1) is 13.4. The SMILES string of the molecule is COCCOc1ccc(S(=O)(=O)N[C@@H](CC(=O)OC)Cc2ccccc2)cc1. The van der Waals surface area contributed by atoms with E-state index in [2.05, 4.69) is 4.72 Å². The molecule has 1 N–H and O–H groups in total. The van der Waals surface area contributed by atoms with Crippen molar-refractivity contribution >= 4 is 16.0 Å². The fraction of sp³-hybridized carbons (Fsp3) is 0.350. The second-order valence-corrected chi connectivity index (χ2v) is 7.81. The number of hydrogen-bond acceptors (Lipinski definition) is 6. The van der Waals surface area contributed by atoms with Crippen LogP contribution in [-0.4, -0.2) is 47.9 Å². The first-order valence-corrected chi connectivity index (χ1v) is 10.3. The van der Waals surface area contributed by atoms with Crippen LogP contribution >= 0.6 is 0 Å². The fourth-order valence-corrected chi connectivity index (χ4v) is 3.82. The van der Waals surface area contributed by atoms with Gasteiger partial charge in [-0.25, -0.2) is 13.1 Å². The normalized spacial score (nSPS) is 12.4. The zero-order valence-electron chi connectivity index (χ0n) is 16.0. The fourth-order valence-electron chi connectivity index (χ4n) is 2.58. The summed E-state index contributed by atoms with van der Waals surface area (Å²) in [6.45, 7) is 0.815. The molecule has 0 aromatic heterocycles. The zero-order valence-corrected chi connectivity index (χ0v) is 16.8. The van der Waals surface area contributed by atoms with E-state index in [-0.39, 0.29) is 11.3 Å². The summed E-state index contributed by atoms with van der Waals surface area (Å²) in [4.78, 5) is 11.8. The van der Waals surface area contributed by atoms with Gasteiger partial charge in [-0.2, -0.15) is 0 Å². The van der Waals surface area contributed by atoms with Gasteiger partial charge in [0.25, 0.3) is 0 Å². The molecule has 28 heavy (non-hydrogen) atoms. The molecule has 0 heterocycles. The van der Waals surface area contributed by atoms with E-state index < -0.39 is 22.0 Å². The van der Waals surface area contributed by atoms with E-state index in [9.17, 15) is 13.2 Å². The third-order valence-corrected chi connectivity index (χ3v) is 5.51. The van der Waals surface area contributed by atoms with Crippen LogP contribution in [0.25, 0.3) is 0 Å². The van der Waals surface area contributed by atoms with Crippen molar-refractivity contribution in [3.05, 3.63) is 60.2 Å². The minimum Gasteiger partial charge on any atom is -0.491 e. The molecule has 1 atom stereocenters. The van der Waals surface area contributed by atoms with Crippen molar-refractivity contribution in [1.82, 2.24) is 4.72 Å². The molecule has 0 saturated heterocycles. The molecule has 0 saturated carbocycles. The van der Waals surface area contributed by atoms with E-state index in [1.165, 1.54) is 19.2 Å². The van der Waals surface area contributed by atoms with E-state index in [1.54, 1.807) is 19.2 Å². The Bertz CT molecular complexity index is 837. The van der Waals surface area contributed by atoms with Crippen LogP contribution in [-0.2, 0) is 30.7 Å². The molecule has 0 spiro atoms. The summed E-state index contributed by atoms with van der Waals surface area (Å²) in [5, 5.41) is 0. The number of esters is 1. The van der Waals surface area contributed by atoms with Gasteiger partial charge in [0, 0.05) is 13.2 Å². The summed E-state index contributed by atoms with van der Waals surface area (Å²) in [5.74, 6) is 0.0666. The second kappa shape index (κ2) is 10.8. The highest BCUT2D eigenvalue weighted by Gasteiger charge is 2.23. The Labute approximate surface area is 165 Å². The standard InChI is InChI=1S/C20H25NO6S/c1-25-12-13-27-18-8-10-19(11-9-18)28(23,24)21-17(15-20(22)26-2)14-16-6-4-3-5-7-16/h3-11,17,21H,12-15H2,1-2H3/t17-/m1/s1. The molecule has 0 fully saturated rings. The topological polar surface area (TPSA) is 90.9 Å². The van der Waals surface area contributed by atoms with Crippen molar-refractivity contribution in [3.63, 3.8) is 0 Å². The van der Waals surface area contributed by atoms with Gasteiger partial charge in [-0.3, -0.25) is 4.79 Å². The lowest BCUT2D eigenvalue weighted by Crippen LogP contribution is -2.38. The molecule has 2 aromatic rings. The summed E-state index contributed by atoms with van der Waals surface area (Å²) in [7, 11) is -0.963. The van der Waals surface area contributed by atoms with Crippen LogP contribution in [0.5, 0.6) is 5.75 Å². The summed E-state index contributed by atoms with van der Waals surface area (Å²) in [5.41, 5.74) is 0.918. The molecule has 152 valence electrons. The number of nitrogens with one attached hydrogen (secondary N) is 1. The average Bonchev–Trinajstić information content (AvgIpc) is 2.69. The first-order valence-electron chi connectivity index (χ1n) is 8.79. The average molecular weight is 407 g/mol. The molecule has 2 rings (SSSR count). The van der Waals surface area contributed by atoms with Crippen molar-refractivity contribution in [2.45, 2.75) is 23.8 Å². The summed E-state index contributed by atoms with van der Waals surface area (Å²) >= 11 is 0. The summed E-state index contributed by atoms with van der Waals surface area (Å²) in [6.07, 6.45) is 0.302. The molecular formula is C20H25NO6S. The van der Waals surface area contributed by atoms with E-state index in [0.717, 1.165) is 5.56 Å². The van der Waals surface area contributed by atoms with E-state index in [1.807, 2.05) is 30.3 Å². The molecule has 7 nitrogen and oxygen atoms in total. The van der Waals surface area contributed by atoms with Crippen molar-refractivity contribution in [1.29, 1.82) is 0 Å². The molecule has 0 aliphatic carbocycles. The Morgan fingerprint density at radius 3 is 2.29 bits per heavy atom. The van der Waals surface area contributed by atoms with Gasteiger partial charge in [0.05, 0.1) is 25.0 Å². The highest BCUT2D eigenvalue weighted by molar-refractivity contribution is 7.89. The lowest BCUT2D eigenvalue weighted by molar-refractivity contribution is -0.141. The quantitative estimate of drug-likeness (QED) is 0.453. The third-order valence-electron chi connectivity index (χ3n) is 3.98. The number of rotatable bonds is 11. The Hall–Kier alpha value is -2.42. The maximum Gasteiger partial charge on any atom is 0.307 e. The summed E-state index contributed by atoms with van der Waals surface area (Å²) in [6, 6.07) is 14.8. The molecule has 0 aliphatic heterocycles. The molecule has 0 bridgehead atoms. The van der Waals surface area contributed by atoms with E-state index >= 15 is 0 Å². The number of carbonyl (C=O) groups excluding carboxylic acids is 1. The highest BCUT2D eigenvalue weighted by atomic mass is 32.2. The Morgan fingerprint density at radius 1 is 1.00 bits per heavy atom. The molecular weight excluding hydrogens is 382 g/mol. The first kappa shape index (κ1) is 21.9. The molecule has 0 radical (unpaired) electrons. The third kappa shape index (κ3) is 6.95. The summed E-state index contributed by atoms with van der Waals surface area (Å²) < 4.78 is 43.2. The molecule has 2 aromatic carbocycles. The van der Waals surface area contributed by atoms with Crippen LogP contribution in [0.15, 0.2) is 59.5 Å². The van der Waals surface area contributed by atoms with Crippen LogP contribution in [0, 0.1) is 0 Å². The molecule has 0 aliphatic rings. The number of sulfonamides is 1. The van der Waals surface area contributed by atoms with Gasteiger partial charge in [-0.15, -0.1) is 0 Å². The van der Waals surface area contributed by atoms with Gasteiger partial charge in [0.15, 0.2) is 0 Å². The largest absolute Gasteiger partial charge is 0.491 e. The van der Waals surface area contributed by atoms with E-state index in [0.29, 0.717) is 25.4 Å². The van der Waals surface area contributed by atoms with Crippen LogP contribution in [0.3, 0.4) is 0 Å². The monoisotopic (exact) mass is 407 g/mol. The maximum atomic E-state index is 12.8. The Kier molecular flexibility index (Phi) is 8.43. The van der Waals surface area contributed by atoms with Crippen molar-refractivity contribution in [2.24, 2.45) is 0 Å². The van der Waals surface area contributed by atoms with Crippen molar-refractivity contribution in [3.8, 4) is 5.75 Å². The van der Waals surface area contributed by atoms with Crippen LogP contribution < -0.4 is 9.46 Å². The van der Waals surface area contributed by atoms with Gasteiger partial charge in [0.2, 0.25) is 10.0 Å². The number of carbonyl (C=O) groups is 1. The second-order valence-electron chi connectivity index (χ2n) is 6.10. The van der Waals surface area contributed by atoms with Crippen LogP contribution in [0.1, 0.15) is 12.0 Å². The Morgan fingerprint density at radius 2 is 1.68 bits per heavy atom. The Balaban J connectivity index is 2.11. The molecule has 0 unspecified atom stereocenters. The van der Waals surface area contributed by atoms with Gasteiger partial charge in [-0.1, -0.05) is 30.3 Å². The lowest BCUT2D eigenvalue weighted by Gasteiger charge is -2.18. The van der Waals surface area contributed by atoms with Crippen molar-refractivity contribution < 1.29 is 27.4 Å². The van der Waals surface area contributed by atoms with Crippen molar-refractivity contribution in [2.75, 3.05) is 27.4 Å². The minimum absolute atomic E-state index is 0.0666. The number of hydrogen-bond donors (Lipinski definition) is 1. The minimum atomic E-state index is -3.81. The van der Waals surface area contributed by atoms with E-state index in [4.69, 9.17) is 14.2 Å². The molecule has 0 amide bonds. The lowest BCUT2D eigenvalue weighted by atomic mass is 10.0. The van der Waals surface area contributed by atoms with Crippen LogP contribution in [0.4, 0.5) is 0 Å². The highest BCUT2D eigenvalue weighted by Crippen LogP contribution is 2.17. The van der Waals surface area contributed by atoms with Crippen LogP contribution in [0.2, 0.25) is 0 Å². The maximum absolute atomic E-state index is 12.8. The predicted octanol–water partition coefficient (Wildman–Crippen LogP) is 2.16. The predicted molar refractivity (Wildman–Crippen MR) is 105 cm³/mol. The number of ether oxygens (including phenoxy) is 3. The van der Waals surface area contributed by atoms with Gasteiger partial charge >= 0.3 is 5.97 Å². The number of methoxy groups -OCH3 is 2. The van der Waals surface area contributed by atoms with Gasteiger partial charge in [-0.05, 0) is 36.2 Å². The van der Waals surface area contributed by atoms with Gasteiger partial charge < -0.3 is 14.2 Å². The zero-order chi connectivity index (χ0) is 20.4. The van der Waals surface area contributed by atoms with Gasteiger partial charge in [0.1, 0.15) is 12.4 Å². The number of benzene rings is 2. The molecule has 8 heteroatoms. The smallest absolute Gasteiger partial charge is 0.307 e.